The van der Waals surface area contributed by atoms with Crippen molar-refractivity contribution in [1.82, 2.24) is 5.43 Å². The van der Waals surface area contributed by atoms with Crippen molar-refractivity contribution in [3.8, 4) is 0 Å². The van der Waals surface area contributed by atoms with E-state index >= 15 is 0 Å². The molecule has 4 nitrogen and oxygen atoms in total. The molecule has 0 unspecified atom stereocenters. The highest BCUT2D eigenvalue weighted by Crippen LogP contribution is 2.33. The standard InChI is InChI=1S/C13H25N3O/c1-3-7-12(10(2)15-16-13(14)17)11-8-5-4-6-9-11/h11-12H,3-9H2,1-2H3,(H3,14,16,17)/b15-10-/t12-/m1/s1. The normalized spacial score (nSPS) is 20.0. The summed E-state index contributed by atoms with van der Waals surface area (Å²) in [4.78, 5) is 10.7. The molecular weight excluding hydrogens is 214 g/mol. The minimum Gasteiger partial charge on any atom is -0.350 e. The van der Waals surface area contributed by atoms with E-state index in [0.29, 0.717) is 5.92 Å². The predicted molar refractivity (Wildman–Crippen MR) is 70.8 cm³/mol. The second-order valence-corrected chi connectivity index (χ2v) is 5.02. The first-order valence-electron chi connectivity index (χ1n) is 6.74. The van der Waals surface area contributed by atoms with Crippen molar-refractivity contribution >= 4 is 11.7 Å². The van der Waals surface area contributed by atoms with Gasteiger partial charge in [0.15, 0.2) is 0 Å². The molecular formula is C13H25N3O. The van der Waals surface area contributed by atoms with E-state index in [4.69, 9.17) is 5.73 Å². The van der Waals surface area contributed by atoms with E-state index in [1.165, 1.54) is 32.1 Å². The van der Waals surface area contributed by atoms with E-state index in [2.05, 4.69) is 17.5 Å². The SMILES string of the molecule is CCC[C@H](/C(C)=N\NC(N)=O)C1CCCCC1. The molecule has 4 heteroatoms. The number of hydrogen-bond acceptors (Lipinski definition) is 2. The van der Waals surface area contributed by atoms with Crippen LogP contribution in [-0.4, -0.2) is 11.7 Å². The lowest BCUT2D eigenvalue weighted by Gasteiger charge is -2.30. The first-order chi connectivity index (χ1) is 8.15. The second-order valence-electron chi connectivity index (χ2n) is 5.02. The Morgan fingerprint density at radius 2 is 2.06 bits per heavy atom. The van der Waals surface area contributed by atoms with Crippen molar-refractivity contribution in [1.29, 1.82) is 0 Å². The zero-order valence-electron chi connectivity index (χ0n) is 11.0. The number of carbonyl (C=O) groups excluding carboxylic acids is 1. The maximum Gasteiger partial charge on any atom is 0.332 e. The first-order valence-corrected chi connectivity index (χ1v) is 6.74. The second kappa shape index (κ2) is 7.30. The summed E-state index contributed by atoms with van der Waals surface area (Å²) in [5, 5.41) is 4.11. The van der Waals surface area contributed by atoms with Crippen molar-refractivity contribution in [2.75, 3.05) is 0 Å². The quantitative estimate of drug-likeness (QED) is 0.562. The third-order valence-electron chi connectivity index (χ3n) is 3.70. The summed E-state index contributed by atoms with van der Waals surface area (Å²) in [6.07, 6.45) is 8.95. The van der Waals surface area contributed by atoms with Crippen LogP contribution in [0.25, 0.3) is 0 Å². The molecule has 1 saturated carbocycles. The molecule has 0 radical (unpaired) electrons. The smallest absolute Gasteiger partial charge is 0.332 e. The van der Waals surface area contributed by atoms with E-state index in [1.807, 2.05) is 6.92 Å². The maximum absolute atomic E-state index is 10.7. The number of urea groups is 1. The molecule has 0 aliphatic heterocycles. The summed E-state index contributed by atoms with van der Waals surface area (Å²) in [5.74, 6) is 1.24. The lowest BCUT2D eigenvalue weighted by atomic mass is 9.76. The van der Waals surface area contributed by atoms with Crippen molar-refractivity contribution in [3.63, 3.8) is 0 Å². The van der Waals surface area contributed by atoms with Gasteiger partial charge in [-0.25, -0.2) is 10.2 Å². The highest BCUT2D eigenvalue weighted by atomic mass is 16.2. The molecule has 1 aliphatic carbocycles. The molecule has 17 heavy (non-hydrogen) atoms. The lowest BCUT2D eigenvalue weighted by molar-refractivity contribution is 0.249. The topological polar surface area (TPSA) is 67.5 Å². The average Bonchev–Trinajstić information content (AvgIpc) is 2.34. The summed E-state index contributed by atoms with van der Waals surface area (Å²) < 4.78 is 0. The van der Waals surface area contributed by atoms with Gasteiger partial charge >= 0.3 is 6.03 Å². The monoisotopic (exact) mass is 239 g/mol. The zero-order valence-corrected chi connectivity index (χ0v) is 11.0. The summed E-state index contributed by atoms with van der Waals surface area (Å²) in [6.45, 7) is 4.20. The third-order valence-corrected chi connectivity index (χ3v) is 3.70. The van der Waals surface area contributed by atoms with Gasteiger partial charge in [-0.1, -0.05) is 32.6 Å². The van der Waals surface area contributed by atoms with Gasteiger partial charge < -0.3 is 5.73 Å². The minimum atomic E-state index is -0.580. The van der Waals surface area contributed by atoms with Crippen LogP contribution in [-0.2, 0) is 0 Å². The summed E-state index contributed by atoms with van der Waals surface area (Å²) in [5.41, 5.74) is 8.41. The highest BCUT2D eigenvalue weighted by Gasteiger charge is 2.25. The Morgan fingerprint density at radius 1 is 1.41 bits per heavy atom. The number of amides is 2. The van der Waals surface area contributed by atoms with Crippen LogP contribution in [0, 0.1) is 11.8 Å². The van der Waals surface area contributed by atoms with E-state index in [0.717, 1.165) is 24.5 Å². The largest absolute Gasteiger partial charge is 0.350 e. The van der Waals surface area contributed by atoms with Crippen molar-refractivity contribution in [2.24, 2.45) is 22.7 Å². The number of rotatable bonds is 5. The molecule has 1 atom stereocenters. The molecule has 0 saturated heterocycles. The zero-order chi connectivity index (χ0) is 12.7. The Labute approximate surface area is 104 Å². The fourth-order valence-electron chi connectivity index (χ4n) is 2.86. The van der Waals surface area contributed by atoms with Crippen LogP contribution < -0.4 is 11.2 Å². The number of carbonyl (C=O) groups is 1. The Kier molecular flexibility index (Phi) is 6.01. The molecule has 0 aromatic heterocycles. The molecule has 1 rings (SSSR count). The fraction of sp³-hybridized carbons (Fsp3) is 0.846. The molecule has 0 aromatic rings. The van der Waals surface area contributed by atoms with E-state index in [1.54, 1.807) is 0 Å². The summed E-state index contributed by atoms with van der Waals surface area (Å²) in [6, 6.07) is -0.580. The number of hydrazone groups is 1. The van der Waals surface area contributed by atoms with Crippen molar-refractivity contribution in [2.45, 2.75) is 58.8 Å². The Balaban J connectivity index is 2.62. The lowest BCUT2D eigenvalue weighted by Crippen LogP contribution is -2.29. The summed E-state index contributed by atoms with van der Waals surface area (Å²) in [7, 11) is 0. The van der Waals surface area contributed by atoms with Gasteiger partial charge in [-0.3, -0.25) is 0 Å². The minimum absolute atomic E-state index is 0.507. The van der Waals surface area contributed by atoms with Gasteiger partial charge in [0.05, 0.1) is 0 Å². The molecule has 1 fully saturated rings. The van der Waals surface area contributed by atoms with E-state index in [9.17, 15) is 4.79 Å². The van der Waals surface area contributed by atoms with Crippen molar-refractivity contribution < 1.29 is 4.79 Å². The predicted octanol–water partition coefficient (Wildman–Crippen LogP) is 3.03. The van der Waals surface area contributed by atoms with Crippen LogP contribution in [0.3, 0.4) is 0 Å². The molecule has 0 bridgehead atoms. The number of primary amides is 1. The maximum atomic E-state index is 10.7. The molecule has 0 heterocycles. The van der Waals surface area contributed by atoms with Crippen LogP contribution in [0.5, 0.6) is 0 Å². The van der Waals surface area contributed by atoms with Gasteiger partial charge in [-0.2, -0.15) is 5.10 Å². The van der Waals surface area contributed by atoms with Crippen LogP contribution in [0.1, 0.15) is 58.8 Å². The van der Waals surface area contributed by atoms with E-state index < -0.39 is 6.03 Å². The van der Waals surface area contributed by atoms with Crippen LogP contribution in [0.4, 0.5) is 4.79 Å². The van der Waals surface area contributed by atoms with Crippen LogP contribution in [0.15, 0.2) is 5.10 Å². The Hall–Kier alpha value is -1.06. The number of hydrogen-bond donors (Lipinski definition) is 2. The third kappa shape index (κ3) is 4.75. The van der Waals surface area contributed by atoms with Gasteiger partial charge in [0.2, 0.25) is 0 Å². The number of nitrogens with zero attached hydrogens (tertiary/aromatic N) is 1. The fourth-order valence-corrected chi connectivity index (χ4v) is 2.86. The Morgan fingerprint density at radius 3 is 2.59 bits per heavy atom. The van der Waals surface area contributed by atoms with Gasteiger partial charge in [0.1, 0.15) is 0 Å². The highest BCUT2D eigenvalue weighted by molar-refractivity contribution is 5.86. The molecule has 2 amide bonds. The Bertz CT molecular complexity index is 270. The van der Waals surface area contributed by atoms with Gasteiger partial charge in [0, 0.05) is 11.6 Å². The molecule has 3 N–H and O–H groups in total. The number of nitrogens with one attached hydrogen (secondary N) is 1. The average molecular weight is 239 g/mol. The molecule has 0 spiro atoms. The molecule has 1 aliphatic rings. The van der Waals surface area contributed by atoms with Crippen molar-refractivity contribution in [3.05, 3.63) is 0 Å². The first kappa shape index (κ1) is 14.0. The van der Waals surface area contributed by atoms with E-state index in [-0.39, 0.29) is 0 Å². The van der Waals surface area contributed by atoms with Gasteiger partial charge in [0.25, 0.3) is 0 Å². The van der Waals surface area contributed by atoms with Crippen LogP contribution in [0.2, 0.25) is 0 Å². The number of nitrogens with two attached hydrogens (primary N) is 1. The molecule has 0 aromatic carbocycles. The summed E-state index contributed by atoms with van der Waals surface area (Å²) >= 11 is 0. The van der Waals surface area contributed by atoms with Gasteiger partial charge in [-0.15, -0.1) is 0 Å². The van der Waals surface area contributed by atoms with Gasteiger partial charge in [-0.05, 0) is 32.1 Å². The molecule has 98 valence electrons. The van der Waals surface area contributed by atoms with Crippen LogP contribution >= 0.6 is 0 Å².